The van der Waals surface area contributed by atoms with E-state index in [-0.39, 0.29) is 23.8 Å². The molecule has 0 heterocycles. The van der Waals surface area contributed by atoms with Crippen LogP contribution in [0.3, 0.4) is 0 Å². The van der Waals surface area contributed by atoms with Gasteiger partial charge in [-0.05, 0) is 135 Å². The summed E-state index contributed by atoms with van der Waals surface area (Å²) in [4.78, 5) is 0. The third-order valence-electron chi connectivity index (χ3n) is 14.0. The van der Waals surface area contributed by atoms with Gasteiger partial charge in [-0.15, -0.1) is 0 Å². The molecule has 8 heteroatoms. The van der Waals surface area contributed by atoms with E-state index in [2.05, 4.69) is 6.92 Å². The van der Waals surface area contributed by atoms with Gasteiger partial charge in [-0.3, -0.25) is 0 Å². The van der Waals surface area contributed by atoms with Gasteiger partial charge in [-0.25, -0.2) is 0 Å². The van der Waals surface area contributed by atoms with Crippen molar-refractivity contribution in [1.82, 2.24) is 0 Å². The summed E-state index contributed by atoms with van der Waals surface area (Å²) in [6.07, 6.45) is 52.8. The van der Waals surface area contributed by atoms with Crippen molar-refractivity contribution >= 4 is 31.0 Å². The Hall–Kier alpha value is 1.07. The average Bonchev–Trinajstić information content (AvgIpc) is 3.14. The summed E-state index contributed by atoms with van der Waals surface area (Å²) < 4.78 is 39.0. The third-order valence-corrected chi connectivity index (χ3v) is 26.1. The maximum atomic E-state index is 9.75. The van der Waals surface area contributed by atoms with Crippen LogP contribution in [0.4, 0.5) is 17.3 Å². The van der Waals surface area contributed by atoms with Crippen LogP contribution in [0.25, 0.3) is 0 Å². The van der Waals surface area contributed by atoms with E-state index in [0.29, 0.717) is 5.41 Å². The van der Waals surface area contributed by atoms with Crippen molar-refractivity contribution in [2.45, 2.75) is 234 Å². The van der Waals surface area contributed by atoms with Crippen molar-refractivity contribution in [2.24, 2.45) is 5.41 Å². The topological polar surface area (TPSA) is 0 Å². The summed E-state index contributed by atoms with van der Waals surface area (Å²) in [5.74, 6) is 0. The first-order chi connectivity index (χ1) is 23.7. The molecule has 6 rings (SSSR count). The molecule has 0 unspecified atom stereocenters. The van der Waals surface area contributed by atoms with Gasteiger partial charge in [0.2, 0.25) is 0 Å². The maximum Gasteiger partial charge on any atom is 0.673 e. The zero-order valence-electron chi connectivity index (χ0n) is 31.7. The van der Waals surface area contributed by atoms with Crippen LogP contribution < -0.4 is 0 Å². The van der Waals surface area contributed by atoms with Crippen molar-refractivity contribution in [2.75, 3.05) is 18.5 Å². The number of rotatable bonds is 12. The first kappa shape index (κ1) is 41.2. The van der Waals surface area contributed by atoms with Crippen molar-refractivity contribution < 1.29 is 17.3 Å². The Morgan fingerprint density at radius 1 is 0.347 bits per heavy atom. The second kappa shape index (κ2) is 21.2. The van der Waals surface area contributed by atoms with Crippen molar-refractivity contribution in [3.8, 4) is 0 Å². The fraction of sp³-hybridized carbons (Fsp3) is 1.00. The molecule has 0 aromatic rings. The van der Waals surface area contributed by atoms with Crippen LogP contribution in [0.2, 0.25) is 0 Å². The largest absolute Gasteiger partial charge is 0.673 e. The molecule has 0 N–H and O–H groups in total. The second-order valence-corrected chi connectivity index (χ2v) is 26.5. The van der Waals surface area contributed by atoms with Gasteiger partial charge in [0.1, 0.15) is 0 Å². The van der Waals surface area contributed by atoms with Crippen molar-refractivity contribution in [3.05, 3.63) is 0 Å². The third kappa shape index (κ3) is 14.0. The minimum atomic E-state index is -6.00. The molecule has 0 aromatic heterocycles. The van der Waals surface area contributed by atoms with Crippen molar-refractivity contribution in [1.29, 1.82) is 0 Å². The van der Waals surface area contributed by atoms with E-state index in [9.17, 15) is 17.3 Å². The number of halogens is 4. The van der Waals surface area contributed by atoms with Crippen molar-refractivity contribution in [3.63, 3.8) is 0 Å². The zero-order chi connectivity index (χ0) is 34.5. The summed E-state index contributed by atoms with van der Waals surface area (Å²) in [5.41, 5.74) is 7.54. The van der Waals surface area contributed by atoms with E-state index in [1.807, 2.05) is 0 Å². The highest BCUT2D eigenvalue weighted by Gasteiger charge is 2.44. The molecule has 6 aliphatic carbocycles. The van der Waals surface area contributed by atoms with E-state index in [1.165, 1.54) is 0 Å². The molecule has 0 aliphatic heterocycles. The summed E-state index contributed by atoms with van der Waals surface area (Å²) in [6, 6.07) is 0. The predicted octanol–water partition coefficient (Wildman–Crippen LogP) is 15.7. The Kier molecular flexibility index (Phi) is 17.9. The number of hydrogen-bond donors (Lipinski definition) is 0. The molecule has 6 aliphatic rings. The molecule has 0 bridgehead atoms. The molecule has 6 fully saturated rings. The zero-order valence-corrected chi connectivity index (χ0v) is 34.4. The van der Waals surface area contributed by atoms with Gasteiger partial charge in [0.05, 0.1) is 0 Å². The Labute approximate surface area is 304 Å². The van der Waals surface area contributed by atoms with Crippen LogP contribution in [0, 0.1) is 5.41 Å². The molecule has 0 saturated heterocycles. The molecule has 0 aromatic carbocycles. The van der Waals surface area contributed by atoms with E-state index in [1.54, 1.807) is 211 Å². The Bertz CT molecular complexity index is 721. The highest BCUT2D eigenvalue weighted by atomic mass is 31.1. The highest BCUT2D eigenvalue weighted by Crippen LogP contribution is 2.67. The number of hydrogen-bond acceptors (Lipinski definition) is 0. The van der Waals surface area contributed by atoms with Gasteiger partial charge in [0.15, 0.2) is 0 Å². The van der Waals surface area contributed by atoms with Crippen LogP contribution in [0.5, 0.6) is 0 Å². The molecule has 0 atom stereocenters. The lowest BCUT2D eigenvalue weighted by Crippen LogP contribution is -2.38. The van der Waals surface area contributed by atoms with Crippen LogP contribution in [-0.2, 0) is 0 Å². The first-order valence-corrected chi connectivity index (χ1v) is 26.8. The van der Waals surface area contributed by atoms with Crippen LogP contribution in [0.1, 0.15) is 200 Å². The lowest BCUT2D eigenvalue weighted by Gasteiger charge is -2.50. The van der Waals surface area contributed by atoms with E-state index >= 15 is 0 Å². The van der Waals surface area contributed by atoms with Gasteiger partial charge in [0.25, 0.3) is 0 Å². The molecular formula is C41H75BF4P3-. The minimum Gasteiger partial charge on any atom is -0.418 e. The van der Waals surface area contributed by atoms with E-state index in [4.69, 9.17) is 0 Å². The minimum absolute atomic E-state index is 0.205. The molecule has 0 amide bonds. The van der Waals surface area contributed by atoms with Crippen LogP contribution in [0.15, 0.2) is 0 Å². The Morgan fingerprint density at radius 3 is 0.633 bits per heavy atom. The summed E-state index contributed by atoms with van der Waals surface area (Å²) in [7, 11) is -5.39. The fourth-order valence-corrected chi connectivity index (χ4v) is 25.0. The fourth-order valence-electron chi connectivity index (χ4n) is 11.6. The summed E-state index contributed by atoms with van der Waals surface area (Å²) in [6.45, 7) is 3.02. The average molecular weight is 748 g/mol. The van der Waals surface area contributed by atoms with Gasteiger partial charge in [-0.1, -0.05) is 146 Å². The SMILES string of the molecule is CC(CP(C1CCCCC1)C1CCCCC1)(CP(C1CCCCC1)C1CCCCC1)CP(C1CCCCC1)C1CCCCC1.F[B-](F)(F)F. The molecular weight excluding hydrogens is 672 g/mol. The van der Waals surface area contributed by atoms with Gasteiger partial charge >= 0.3 is 7.25 Å². The lowest BCUT2D eigenvalue weighted by molar-refractivity contribution is 0.368. The van der Waals surface area contributed by atoms with Crippen LogP contribution in [-0.4, -0.2) is 59.7 Å². The highest BCUT2D eigenvalue weighted by molar-refractivity contribution is 7.61. The molecule has 6 saturated carbocycles. The maximum absolute atomic E-state index is 9.75. The quantitative estimate of drug-likeness (QED) is 0.106. The first-order valence-electron chi connectivity index (χ1n) is 21.8. The smallest absolute Gasteiger partial charge is 0.418 e. The lowest BCUT2D eigenvalue weighted by atomic mass is 9.98. The van der Waals surface area contributed by atoms with Gasteiger partial charge in [0, 0.05) is 0 Å². The summed E-state index contributed by atoms with van der Waals surface area (Å²) in [5, 5.41) is 0. The molecule has 0 spiro atoms. The second-order valence-electron chi connectivity index (χ2n) is 18.1. The standard InChI is InChI=1S/C41H75P3.BF4/c1-41(32-42(35-20-8-2-9-21-35)36-22-10-3-11-23-36,33-43(37-24-12-4-13-25-37)38-26-14-5-15-27-38)34-44(39-28-16-6-17-29-39)40-30-18-7-19-31-40;2-1(3,4)5/h35-40H,2-34H2,1H3;/q;-1. The Balaban J connectivity index is 0.000000874. The molecule has 49 heavy (non-hydrogen) atoms. The van der Waals surface area contributed by atoms with Gasteiger partial charge < -0.3 is 17.3 Å². The van der Waals surface area contributed by atoms with Crippen LogP contribution >= 0.6 is 23.8 Å². The Morgan fingerprint density at radius 2 is 0.490 bits per heavy atom. The van der Waals surface area contributed by atoms with E-state index < -0.39 is 7.25 Å². The summed E-state index contributed by atoms with van der Waals surface area (Å²) >= 11 is 0. The normalized spacial score (nSPS) is 26.0. The molecule has 0 nitrogen and oxygen atoms in total. The van der Waals surface area contributed by atoms with E-state index in [0.717, 1.165) is 34.0 Å². The monoisotopic (exact) mass is 748 g/mol. The van der Waals surface area contributed by atoms with Gasteiger partial charge in [-0.2, -0.15) is 0 Å². The molecule has 286 valence electrons. The molecule has 0 radical (unpaired) electrons. The predicted molar refractivity (Wildman–Crippen MR) is 215 cm³/mol.